The van der Waals surface area contributed by atoms with Gasteiger partial charge >= 0.3 is 0 Å². The van der Waals surface area contributed by atoms with E-state index in [1.807, 2.05) is 12.2 Å². The van der Waals surface area contributed by atoms with Gasteiger partial charge in [0, 0.05) is 6.42 Å². The molecule has 0 aromatic carbocycles. The lowest BCUT2D eigenvalue weighted by molar-refractivity contribution is -0.114. The van der Waals surface area contributed by atoms with Crippen LogP contribution >= 0.6 is 0 Å². The van der Waals surface area contributed by atoms with Crippen LogP contribution in [0.25, 0.3) is 0 Å². The highest BCUT2D eigenvalue weighted by molar-refractivity contribution is 5.89. The van der Waals surface area contributed by atoms with Gasteiger partial charge in [-0.05, 0) is 25.3 Å². The van der Waals surface area contributed by atoms with Crippen LogP contribution in [0.2, 0.25) is 0 Å². The van der Waals surface area contributed by atoms with Gasteiger partial charge in [-0.15, -0.1) is 0 Å². The van der Waals surface area contributed by atoms with E-state index in [4.69, 9.17) is 0 Å². The summed E-state index contributed by atoms with van der Waals surface area (Å²) in [5.74, 6) is 0.277. The van der Waals surface area contributed by atoms with E-state index in [1.165, 1.54) is 44.9 Å². The first-order valence-corrected chi connectivity index (χ1v) is 6.75. The molecular formula is C15H24O. The van der Waals surface area contributed by atoms with Crippen molar-refractivity contribution < 1.29 is 4.79 Å². The maximum absolute atomic E-state index is 11.4. The zero-order valence-electron chi connectivity index (χ0n) is 10.3. The van der Waals surface area contributed by atoms with Crippen molar-refractivity contribution >= 4 is 5.78 Å². The van der Waals surface area contributed by atoms with Gasteiger partial charge in [0.25, 0.3) is 0 Å². The summed E-state index contributed by atoms with van der Waals surface area (Å²) >= 11 is 0. The molecule has 90 valence electrons. The average Bonchev–Trinajstić information content (AvgIpc) is 2.29. The summed E-state index contributed by atoms with van der Waals surface area (Å²) < 4.78 is 0. The van der Waals surface area contributed by atoms with Crippen LogP contribution in [0.15, 0.2) is 24.3 Å². The van der Waals surface area contributed by atoms with Gasteiger partial charge in [0.05, 0.1) is 0 Å². The second-order valence-corrected chi connectivity index (χ2v) is 4.62. The molecule has 0 saturated heterocycles. The summed E-state index contributed by atoms with van der Waals surface area (Å²) in [6.45, 7) is 0. The molecule has 0 atom stereocenters. The maximum Gasteiger partial charge on any atom is 0.155 e. The quantitative estimate of drug-likeness (QED) is 0.584. The molecule has 16 heavy (non-hydrogen) atoms. The Morgan fingerprint density at radius 2 is 1.38 bits per heavy atom. The summed E-state index contributed by atoms with van der Waals surface area (Å²) in [5.41, 5.74) is 0. The van der Waals surface area contributed by atoms with Crippen molar-refractivity contribution in [2.24, 2.45) is 0 Å². The lowest BCUT2D eigenvalue weighted by atomic mass is 10.1. The van der Waals surface area contributed by atoms with E-state index >= 15 is 0 Å². The third-order valence-electron chi connectivity index (χ3n) is 3.07. The number of ketones is 1. The minimum Gasteiger partial charge on any atom is -0.295 e. The normalized spacial score (nSPS) is 25.4. The van der Waals surface area contributed by atoms with Crippen LogP contribution in [0.4, 0.5) is 0 Å². The number of carbonyl (C=O) groups is 1. The molecule has 0 amide bonds. The van der Waals surface area contributed by atoms with Crippen LogP contribution in [-0.4, -0.2) is 5.78 Å². The molecule has 1 rings (SSSR count). The number of hydrogen-bond acceptors (Lipinski definition) is 1. The third kappa shape index (κ3) is 7.44. The molecule has 0 saturated carbocycles. The Kier molecular flexibility index (Phi) is 7.75. The predicted octanol–water partition coefficient (Wildman–Crippen LogP) is 4.58. The van der Waals surface area contributed by atoms with Gasteiger partial charge in [-0.25, -0.2) is 0 Å². The fraction of sp³-hybridized carbons (Fsp3) is 0.667. The Morgan fingerprint density at radius 3 is 2.12 bits per heavy atom. The second-order valence-electron chi connectivity index (χ2n) is 4.62. The van der Waals surface area contributed by atoms with E-state index in [-0.39, 0.29) is 5.78 Å². The molecule has 0 heterocycles. The zero-order chi connectivity index (χ0) is 11.5. The molecule has 1 heteroatoms. The third-order valence-corrected chi connectivity index (χ3v) is 3.07. The van der Waals surface area contributed by atoms with Gasteiger partial charge in [0.1, 0.15) is 0 Å². The van der Waals surface area contributed by atoms with Crippen molar-refractivity contribution in [2.75, 3.05) is 0 Å². The summed E-state index contributed by atoms with van der Waals surface area (Å²) in [6, 6.07) is 0. The van der Waals surface area contributed by atoms with E-state index in [0.717, 1.165) is 19.3 Å². The topological polar surface area (TPSA) is 17.1 Å². The fourth-order valence-electron chi connectivity index (χ4n) is 2.04. The summed E-state index contributed by atoms with van der Waals surface area (Å²) in [6.07, 6.45) is 20.0. The predicted molar refractivity (Wildman–Crippen MR) is 69.5 cm³/mol. The van der Waals surface area contributed by atoms with Crippen LogP contribution in [0.5, 0.6) is 0 Å². The standard InChI is InChI=1S/C15H24O/c16-15-13-11-9-7-5-3-1-2-4-6-8-10-12-14-15/h7,9,11,13H,1-6,8,10,12,14H2/b9-7+,13-11+. The molecule has 0 radical (unpaired) electrons. The van der Waals surface area contributed by atoms with Gasteiger partial charge in [0.15, 0.2) is 5.78 Å². The second kappa shape index (κ2) is 9.38. The van der Waals surface area contributed by atoms with Gasteiger partial charge in [-0.2, -0.15) is 0 Å². The van der Waals surface area contributed by atoms with Crippen molar-refractivity contribution in [3.8, 4) is 0 Å². The highest BCUT2D eigenvalue weighted by Crippen LogP contribution is 2.11. The first-order chi connectivity index (χ1) is 7.89. The summed E-state index contributed by atoms with van der Waals surface area (Å²) in [4.78, 5) is 11.4. The Labute approximate surface area is 99.6 Å². The van der Waals surface area contributed by atoms with Gasteiger partial charge in [0.2, 0.25) is 0 Å². The van der Waals surface area contributed by atoms with Crippen molar-refractivity contribution in [1.29, 1.82) is 0 Å². The van der Waals surface area contributed by atoms with Crippen LogP contribution in [0.1, 0.15) is 64.2 Å². The average molecular weight is 220 g/mol. The highest BCUT2D eigenvalue weighted by atomic mass is 16.1. The van der Waals surface area contributed by atoms with Crippen molar-refractivity contribution in [3.05, 3.63) is 24.3 Å². The molecule has 1 nitrogen and oxygen atoms in total. The van der Waals surface area contributed by atoms with Crippen LogP contribution in [0.3, 0.4) is 0 Å². The molecule has 0 aromatic rings. The van der Waals surface area contributed by atoms with Crippen molar-refractivity contribution in [2.45, 2.75) is 64.2 Å². The molecule has 0 aliphatic heterocycles. The van der Waals surface area contributed by atoms with E-state index in [9.17, 15) is 4.79 Å². The number of rotatable bonds is 0. The van der Waals surface area contributed by atoms with E-state index in [2.05, 4.69) is 6.08 Å². The highest BCUT2D eigenvalue weighted by Gasteiger charge is 1.97. The molecule has 0 aromatic heterocycles. The SMILES string of the molecule is O=C1/C=C/C=C/CCCCCCCCCC1. The Morgan fingerprint density at radius 1 is 0.750 bits per heavy atom. The monoisotopic (exact) mass is 220 g/mol. The van der Waals surface area contributed by atoms with E-state index in [0.29, 0.717) is 0 Å². The van der Waals surface area contributed by atoms with Crippen LogP contribution in [0, 0.1) is 0 Å². The van der Waals surface area contributed by atoms with Crippen LogP contribution in [-0.2, 0) is 4.79 Å². The van der Waals surface area contributed by atoms with Crippen molar-refractivity contribution in [3.63, 3.8) is 0 Å². The van der Waals surface area contributed by atoms with E-state index < -0.39 is 0 Å². The summed E-state index contributed by atoms with van der Waals surface area (Å²) in [5, 5.41) is 0. The Bertz CT molecular complexity index is 238. The first-order valence-electron chi connectivity index (χ1n) is 6.75. The number of allylic oxidation sites excluding steroid dienone is 4. The Hall–Kier alpha value is -0.850. The van der Waals surface area contributed by atoms with Gasteiger partial charge in [-0.3, -0.25) is 4.79 Å². The smallest absolute Gasteiger partial charge is 0.155 e. The van der Waals surface area contributed by atoms with Gasteiger partial charge < -0.3 is 0 Å². The minimum atomic E-state index is 0.277. The molecule has 0 unspecified atom stereocenters. The molecule has 0 spiro atoms. The largest absolute Gasteiger partial charge is 0.295 e. The first kappa shape index (κ1) is 13.2. The molecule has 0 bridgehead atoms. The molecule has 1 aliphatic carbocycles. The van der Waals surface area contributed by atoms with Gasteiger partial charge in [-0.1, -0.05) is 56.8 Å². The van der Waals surface area contributed by atoms with Crippen LogP contribution < -0.4 is 0 Å². The molecule has 1 aliphatic rings. The number of hydrogen-bond donors (Lipinski definition) is 0. The van der Waals surface area contributed by atoms with Crippen molar-refractivity contribution in [1.82, 2.24) is 0 Å². The Balaban J connectivity index is 2.29. The minimum absolute atomic E-state index is 0.277. The molecule has 0 fully saturated rings. The maximum atomic E-state index is 11.4. The molecule has 0 N–H and O–H groups in total. The lowest BCUT2D eigenvalue weighted by Crippen LogP contribution is -1.91. The fourth-order valence-corrected chi connectivity index (χ4v) is 2.04. The zero-order valence-corrected chi connectivity index (χ0v) is 10.3. The molecular weight excluding hydrogens is 196 g/mol. The lowest BCUT2D eigenvalue weighted by Gasteiger charge is -2.00. The van der Waals surface area contributed by atoms with E-state index in [1.54, 1.807) is 6.08 Å². The summed E-state index contributed by atoms with van der Waals surface area (Å²) in [7, 11) is 0. The number of carbonyl (C=O) groups excluding carboxylic acids is 1.